The second kappa shape index (κ2) is 7.50. The van der Waals surface area contributed by atoms with Crippen molar-refractivity contribution in [3.8, 4) is 11.5 Å². The minimum atomic E-state index is -0.526. The second-order valence-electron chi connectivity index (χ2n) is 5.16. The molecular formula is C16H24O4. The number of hydrogen-bond acceptors (Lipinski definition) is 4. The molecule has 1 aliphatic heterocycles. The lowest BCUT2D eigenvalue weighted by molar-refractivity contribution is 0.0941. The lowest BCUT2D eigenvalue weighted by Gasteiger charge is -2.17. The maximum Gasteiger partial charge on any atom is 0.166 e. The Kier molecular flexibility index (Phi) is 5.68. The summed E-state index contributed by atoms with van der Waals surface area (Å²) in [5.74, 6) is 1.28. The van der Waals surface area contributed by atoms with Gasteiger partial charge in [0, 0.05) is 12.2 Å². The number of benzene rings is 1. The van der Waals surface area contributed by atoms with E-state index in [2.05, 4.69) is 0 Å². The number of para-hydroxylation sites is 1. The summed E-state index contributed by atoms with van der Waals surface area (Å²) in [6.45, 7) is 0.886. The molecule has 2 rings (SSSR count). The van der Waals surface area contributed by atoms with Crippen LogP contribution in [0.25, 0.3) is 0 Å². The van der Waals surface area contributed by atoms with Crippen LogP contribution in [0.5, 0.6) is 11.5 Å². The van der Waals surface area contributed by atoms with Gasteiger partial charge < -0.3 is 19.3 Å². The summed E-state index contributed by atoms with van der Waals surface area (Å²) in [6.07, 6.45) is 4.85. The molecular weight excluding hydrogens is 256 g/mol. The maximum atomic E-state index is 10.3. The normalized spacial score (nSPS) is 19.9. The molecule has 4 nitrogen and oxygen atoms in total. The van der Waals surface area contributed by atoms with Crippen molar-refractivity contribution in [3.63, 3.8) is 0 Å². The molecule has 0 saturated carbocycles. The van der Waals surface area contributed by atoms with Gasteiger partial charge in [-0.15, -0.1) is 0 Å². The van der Waals surface area contributed by atoms with Crippen LogP contribution in [-0.2, 0) is 4.74 Å². The SMILES string of the molecule is COc1cccc(C(O)CCCC2CCCO2)c1OC. The molecule has 4 heteroatoms. The summed E-state index contributed by atoms with van der Waals surface area (Å²) >= 11 is 0. The van der Waals surface area contributed by atoms with Gasteiger partial charge in [0.15, 0.2) is 11.5 Å². The molecule has 20 heavy (non-hydrogen) atoms. The van der Waals surface area contributed by atoms with E-state index in [0.29, 0.717) is 24.0 Å². The van der Waals surface area contributed by atoms with Gasteiger partial charge in [-0.2, -0.15) is 0 Å². The average Bonchev–Trinajstić information content (AvgIpc) is 2.99. The fraction of sp³-hybridized carbons (Fsp3) is 0.625. The topological polar surface area (TPSA) is 47.9 Å². The van der Waals surface area contributed by atoms with Crippen LogP contribution in [0.1, 0.15) is 43.8 Å². The summed E-state index contributed by atoms with van der Waals surface area (Å²) in [5.41, 5.74) is 0.791. The van der Waals surface area contributed by atoms with E-state index in [-0.39, 0.29) is 0 Å². The highest BCUT2D eigenvalue weighted by Crippen LogP contribution is 2.36. The molecule has 0 spiro atoms. The van der Waals surface area contributed by atoms with Crippen molar-refractivity contribution in [3.05, 3.63) is 23.8 Å². The molecule has 0 radical (unpaired) electrons. The zero-order valence-corrected chi connectivity index (χ0v) is 12.3. The third-order valence-corrected chi connectivity index (χ3v) is 3.82. The first-order chi connectivity index (χ1) is 9.76. The molecule has 2 unspecified atom stereocenters. The van der Waals surface area contributed by atoms with Crippen molar-refractivity contribution in [2.75, 3.05) is 20.8 Å². The minimum absolute atomic E-state index is 0.384. The van der Waals surface area contributed by atoms with Crippen molar-refractivity contribution >= 4 is 0 Å². The first-order valence-corrected chi connectivity index (χ1v) is 7.26. The van der Waals surface area contributed by atoms with Crippen LogP contribution in [-0.4, -0.2) is 32.0 Å². The van der Waals surface area contributed by atoms with Gasteiger partial charge in [-0.25, -0.2) is 0 Å². The Morgan fingerprint density at radius 1 is 1.35 bits per heavy atom. The summed E-state index contributed by atoms with van der Waals surface area (Å²) in [6, 6.07) is 5.60. The fourth-order valence-electron chi connectivity index (χ4n) is 2.74. The van der Waals surface area contributed by atoms with Gasteiger partial charge in [-0.05, 0) is 38.2 Å². The van der Waals surface area contributed by atoms with E-state index < -0.39 is 6.10 Å². The number of hydrogen-bond donors (Lipinski definition) is 1. The van der Waals surface area contributed by atoms with Gasteiger partial charge in [-0.1, -0.05) is 12.1 Å². The largest absolute Gasteiger partial charge is 0.493 e. The quantitative estimate of drug-likeness (QED) is 0.834. The molecule has 1 heterocycles. The number of aliphatic hydroxyl groups excluding tert-OH is 1. The Morgan fingerprint density at radius 2 is 2.20 bits per heavy atom. The first-order valence-electron chi connectivity index (χ1n) is 7.26. The van der Waals surface area contributed by atoms with Gasteiger partial charge in [0.2, 0.25) is 0 Å². The molecule has 112 valence electrons. The van der Waals surface area contributed by atoms with Crippen molar-refractivity contribution in [2.24, 2.45) is 0 Å². The second-order valence-corrected chi connectivity index (χ2v) is 5.16. The first kappa shape index (κ1) is 15.1. The number of rotatable bonds is 7. The predicted molar refractivity (Wildman–Crippen MR) is 77.3 cm³/mol. The van der Waals surface area contributed by atoms with E-state index in [1.807, 2.05) is 18.2 Å². The lowest BCUT2D eigenvalue weighted by atomic mass is 10.0. The van der Waals surface area contributed by atoms with Gasteiger partial charge in [0.1, 0.15) is 0 Å². The van der Waals surface area contributed by atoms with Crippen molar-refractivity contribution in [1.29, 1.82) is 0 Å². The third-order valence-electron chi connectivity index (χ3n) is 3.82. The van der Waals surface area contributed by atoms with Gasteiger partial charge in [0.05, 0.1) is 26.4 Å². The van der Waals surface area contributed by atoms with E-state index in [0.717, 1.165) is 37.9 Å². The molecule has 1 fully saturated rings. The van der Waals surface area contributed by atoms with Crippen LogP contribution >= 0.6 is 0 Å². The van der Waals surface area contributed by atoms with E-state index in [9.17, 15) is 5.11 Å². The van der Waals surface area contributed by atoms with Crippen LogP contribution in [0.2, 0.25) is 0 Å². The zero-order chi connectivity index (χ0) is 14.4. The zero-order valence-electron chi connectivity index (χ0n) is 12.3. The van der Waals surface area contributed by atoms with Crippen LogP contribution in [0.3, 0.4) is 0 Å². The lowest BCUT2D eigenvalue weighted by Crippen LogP contribution is -2.07. The third kappa shape index (κ3) is 3.64. The van der Waals surface area contributed by atoms with E-state index >= 15 is 0 Å². The molecule has 1 saturated heterocycles. The van der Waals surface area contributed by atoms with Crippen molar-refractivity contribution in [1.82, 2.24) is 0 Å². The standard InChI is InChI=1S/C16H24O4/c1-18-15-10-4-8-13(16(15)19-2)14(17)9-3-6-12-7-5-11-20-12/h4,8,10,12,14,17H,3,5-7,9,11H2,1-2H3. The average molecular weight is 280 g/mol. The molecule has 1 aliphatic rings. The van der Waals surface area contributed by atoms with Crippen molar-refractivity contribution < 1.29 is 19.3 Å². The summed E-state index contributed by atoms with van der Waals surface area (Å²) < 4.78 is 16.2. The van der Waals surface area contributed by atoms with Crippen LogP contribution < -0.4 is 9.47 Å². The van der Waals surface area contributed by atoms with E-state index in [4.69, 9.17) is 14.2 Å². The molecule has 0 bridgehead atoms. The highest BCUT2D eigenvalue weighted by Gasteiger charge is 2.19. The summed E-state index contributed by atoms with van der Waals surface area (Å²) in [7, 11) is 3.20. The number of aliphatic hydroxyl groups is 1. The molecule has 0 aromatic heterocycles. The number of ether oxygens (including phenoxy) is 3. The summed E-state index contributed by atoms with van der Waals surface area (Å²) in [4.78, 5) is 0. The summed E-state index contributed by atoms with van der Waals surface area (Å²) in [5, 5.41) is 10.3. The Morgan fingerprint density at radius 3 is 2.85 bits per heavy atom. The Hall–Kier alpha value is -1.26. The fourth-order valence-corrected chi connectivity index (χ4v) is 2.74. The predicted octanol–water partition coefficient (Wildman–Crippen LogP) is 3.09. The van der Waals surface area contributed by atoms with Gasteiger partial charge >= 0.3 is 0 Å². The Balaban J connectivity index is 1.92. The van der Waals surface area contributed by atoms with Crippen LogP contribution in [0.15, 0.2) is 18.2 Å². The highest BCUT2D eigenvalue weighted by atomic mass is 16.5. The smallest absolute Gasteiger partial charge is 0.166 e. The van der Waals surface area contributed by atoms with Crippen LogP contribution in [0.4, 0.5) is 0 Å². The monoisotopic (exact) mass is 280 g/mol. The molecule has 1 aromatic rings. The maximum absolute atomic E-state index is 10.3. The van der Waals surface area contributed by atoms with E-state index in [1.165, 1.54) is 0 Å². The van der Waals surface area contributed by atoms with Gasteiger partial charge in [0.25, 0.3) is 0 Å². The Labute approximate surface area is 120 Å². The van der Waals surface area contributed by atoms with E-state index in [1.54, 1.807) is 14.2 Å². The molecule has 0 amide bonds. The number of methoxy groups -OCH3 is 2. The molecule has 1 aromatic carbocycles. The molecule has 2 atom stereocenters. The molecule has 0 aliphatic carbocycles. The highest BCUT2D eigenvalue weighted by molar-refractivity contribution is 5.47. The minimum Gasteiger partial charge on any atom is -0.493 e. The molecule has 1 N–H and O–H groups in total. The van der Waals surface area contributed by atoms with Crippen molar-refractivity contribution in [2.45, 2.75) is 44.3 Å². The van der Waals surface area contributed by atoms with Crippen LogP contribution in [0, 0.1) is 0 Å². The Bertz CT molecular complexity index is 413. The van der Waals surface area contributed by atoms with Gasteiger partial charge in [-0.3, -0.25) is 0 Å².